The van der Waals surface area contributed by atoms with E-state index in [0.29, 0.717) is 19.2 Å². The second kappa shape index (κ2) is 6.74. The molecule has 0 aromatic heterocycles. The van der Waals surface area contributed by atoms with E-state index in [4.69, 9.17) is 4.74 Å². The van der Waals surface area contributed by atoms with E-state index in [9.17, 15) is 5.11 Å². The van der Waals surface area contributed by atoms with Crippen LogP contribution in [0.2, 0.25) is 0 Å². The fraction of sp³-hybridized carbons (Fsp3) is 0.333. The molecule has 0 unspecified atom stereocenters. The highest BCUT2D eigenvalue weighted by molar-refractivity contribution is 5.34. The minimum atomic E-state index is -0.502. The summed E-state index contributed by atoms with van der Waals surface area (Å²) < 4.78 is 5.56. The van der Waals surface area contributed by atoms with Crippen LogP contribution in [-0.4, -0.2) is 24.4 Å². The maximum atomic E-state index is 10.0. The molecule has 0 radical (unpaired) electrons. The summed E-state index contributed by atoms with van der Waals surface area (Å²) in [6, 6.07) is 18.5. The predicted molar refractivity (Wildman–Crippen MR) is 83.5 cm³/mol. The van der Waals surface area contributed by atoms with Gasteiger partial charge in [-0.3, -0.25) is 0 Å². The minimum absolute atomic E-state index is 0.311. The van der Waals surface area contributed by atoms with E-state index < -0.39 is 6.10 Å². The lowest BCUT2D eigenvalue weighted by molar-refractivity contribution is 0.103. The van der Waals surface area contributed by atoms with E-state index in [1.54, 1.807) is 0 Å². The Morgan fingerprint density at radius 2 is 1.86 bits per heavy atom. The van der Waals surface area contributed by atoms with Crippen LogP contribution in [0.25, 0.3) is 0 Å². The first-order chi connectivity index (χ1) is 10.3. The second-order valence-electron chi connectivity index (χ2n) is 5.48. The third-order valence-electron chi connectivity index (χ3n) is 3.92. The highest BCUT2D eigenvalue weighted by Crippen LogP contribution is 2.30. The highest BCUT2D eigenvalue weighted by atomic mass is 16.5. The monoisotopic (exact) mass is 283 g/mol. The molecule has 2 aromatic rings. The lowest BCUT2D eigenvalue weighted by Gasteiger charge is -2.18. The fourth-order valence-electron chi connectivity index (χ4n) is 2.82. The predicted octanol–water partition coefficient (Wildman–Crippen LogP) is 2.70. The number of para-hydroxylation sites is 1. The summed E-state index contributed by atoms with van der Waals surface area (Å²) in [5.74, 6) is 0.794. The molecule has 110 valence electrons. The molecule has 0 spiro atoms. The molecule has 0 fully saturated rings. The largest absolute Gasteiger partial charge is 0.491 e. The Bertz CT molecular complexity index is 570. The van der Waals surface area contributed by atoms with Crippen molar-refractivity contribution in [2.24, 2.45) is 0 Å². The Hall–Kier alpha value is -1.84. The Morgan fingerprint density at radius 1 is 1.10 bits per heavy atom. The first-order valence-corrected chi connectivity index (χ1v) is 7.50. The maximum Gasteiger partial charge on any atom is 0.119 e. The molecule has 3 rings (SSSR count). The van der Waals surface area contributed by atoms with Crippen LogP contribution in [0, 0.1) is 0 Å². The van der Waals surface area contributed by atoms with E-state index in [2.05, 4.69) is 29.6 Å². The zero-order valence-electron chi connectivity index (χ0n) is 12.0. The van der Waals surface area contributed by atoms with Gasteiger partial charge >= 0.3 is 0 Å². The molecule has 2 atom stereocenters. The quantitative estimate of drug-likeness (QED) is 0.856. The normalized spacial score (nSPS) is 18.2. The lowest BCUT2D eigenvalue weighted by atomic mass is 10.1. The van der Waals surface area contributed by atoms with Gasteiger partial charge in [-0.2, -0.15) is 0 Å². The Kier molecular flexibility index (Phi) is 4.53. The van der Waals surface area contributed by atoms with Gasteiger partial charge in [0.05, 0.1) is 0 Å². The van der Waals surface area contributed by atoms with Gasteiger partial charge in [0.2, 0.25) is 0 Å². The third kappa shape index (κ3) is 3.63. The summed E-state index contributed by atoms with van der Waals surface area (Å²) in [5, 5.41) is 13.5. The Labute approximate surface area is 125 Å². The summed E-state index contributed by atoms with van der Waals surface area (Å²) in [4.78, 5) is 0. The average Bonchev–Trinajstić information content (AvgIpc) is 2.95. The van der Waals surface area contributed by atoms with Crippen molar-refractivity contribution in [3.05, 3.63) is 65.7 Å². The summed E-state index contributed by atoms with van der Waals surface area (Å²) in [6.45, 7) is 0.858. The van der Waals surface area contributed by atoms with Gasteiger partial charge in [-0.15, -0.1) is 0 Å². The molecule has 0 saturated heterocycles. The van der Waals surface area contributed by atoms with E-state index in [0.717, 1.165) is 18.6 Å². The van der Waals surface area contributed by atoms with Crippen LogP contribution in [0.15, 0.2) is 54.6 Å². The van der Waals surface area contributed by atoms with Crippen LogP contribution in [0.3, 0.4) is 0 Å². The van der Waals surface area contributed by atoms with Crippen molar-refractivity contribution in [3.63, 3.8) is 0 Å². The molecule has 0 saturated carbocycles. The summed E-state index contributed by atoms with van der Waals surface area (Å²) >= 11 is 0. The van der Waals surface area contributed by atoms with E-state index >= 15 is 0 Å². The molecule has 0 aliphatic heterocycles. The number of rotatable bonds is 6. The molecular weight excluding hydrogens is 262 g/mol. The molecule has 3 nitrogen and oxygen atoms in total. The number of hydrogen-bond donors (Lipinski definition) is 2. The lowest BCUT2D eigenvalue weighted by Crippen LogP contribution is -2.33. The van der Waals surface area contributed by atoms with Crippen molar-refractivity contribution in [1.29, 1.82) is 0 Å². The van der Waals surface area contributed by atoms with Crippen LogP contribution in [0.5, 0.6) is 5.75 Å². The summed E-state index contributed by atoms with van der Waals surface area (Å²) in [7, 11) is 0. The highest BCUT2D eigenvalue weighted by Gasteiger charge is 2.21. The van der Waals surface area contributed by atoms with Gasteiger partial charge in [-0.1, -0.05) is 42.5 Å². The molecule has 3 heteroatoms. The smallest absolute Gasteiger partial charge is 0.119 e. The van der Waals surface area contributed by atoms with Gasteiger partial charge in [0, 0.05) is 12.6 Å². The zero-order valence-corrected chi connectivity index (χ0v) is 12.0. The summed E-state index contributed by atoms with van der Waals surface area (Å²) in [5.41, 5.74) is 2.79. The Balaban J connectivity index is 1.45. The van der Waals surface area contributed by atoms with Crippen LogP contribution in [-0.2, 0) is 6.42 Å². The number of aryl methyl sites for hydroxylation is 1. The molecule has 1 aliphatic carbocycles. The number of fused-ring (bicyclic) bond motifs is 1. The van der Waals surface area contributed by atoms with E-state index in [-0.39, 0.29) is 0 Å². The molecular formula is C18H21NO2. The second-order valence-corrected chi connectivity index (χ2v) is 5.48. The fourth-order valence-corrected chi connectivity index (χ4v) is 2.82. The van der Waals surface area contributed by atoms with Crippen LogP contribution in [0.4, 0.5) is 0 Å². The number of aliphatic hydroxyl groups is 1. The number of hydrogen-bond acceptors (Lipinski definition) is 3. The van der Waals surface area contributed by atoms with Gasteiger partial charge in [-0.25, -0.2) is 0 Å². The van der Waals surface area contributed by atoms with Crippen molar-refractivity contribution < 1.29 is 9.84 Å². The van der Waals surface area contributed by atoms with Crippen molar-refractivity contribution in [2.75, 3.05) is 13.2 Å². The van der Waals surface area contributed by atoms with Crippen LogP contribution in [0.1, 0.15) is 23.6 Å². The van der Waals surface area contributed by atoms with Crippen molar-refractivity contribution in [3.8, 4) is 5.75 Å². The van der Waals surface area contributed by atoms with E-state index in [1.165, 1.54) is 11.1 Å². The molecule has 0 bridgehead atoms. The molecule has 0 heterocycles. The van der Waals surface area contributed by atoms with Gasteiger partial charge in [0.1, 0.15) is 18.5 Å². The van der Waals surface area contributed by atoms with Crippen LogP contribution < -0.4 is 10.1 Å². The zero-order chi connectivity index (χ0) is 14.5. The SMILES string of the molecule is O[C@H](CN[C@H]1CCc2ccccc21)COc1ccccc1. The molecule has 2 N–H and O–H groups in total. The van der Waals surface area contributed by atoms with Crippen molar-refractivity contribution in [2.45, 2.75) is 25.0 Å². The van der Waals surface area contributed by atoms with Gasteiger partial charge in [0.25, 0.3) is 0 Å². The van der Waals surface area contributed by atoms with Crippen molar-refractivity contribution >= 4 is 0 Å². The molecule has 2 aromatic carbocycles. The standard InChI is InChI=1S/C18H21NO2/c20-15(13-21-16-7-2-1-3-8-16)12-19-18-11-10-14-6-4-5-9-17(14)18/h1-9,15,18-20H,10-13H2/t15-,18+/m1/s1. The van der Waals surface area contributed by atoms with Gasteiger partial charge in [-0.05, 0) is 36.1 Å². The molecule has 21 heavy (non-hydrogen) atoms. The first-order valence-electron chi connectivity index (χ1n) is 7.50. The minimum Gasteiger partial charge on any atom is -0.491 e. The number of ether oxygens (including phenoxy) is 1. The van der Waals surface area contributed by atoms with Gasteiger partial charge in [0.15, 0.2) is 0 Å². The summed E-state index contributed by atoms with van der Waals surface area (Å²) in [6.07, 6.45) is 1.72. The van der Waals surface area contributed by atoms with Gasteiger partial charge < -0.3 is 15.2 Å². The van der Waals surface area contributed by atoms with E-state index in [1.807, 2.05) is 30.3 Å². The molecule has 0 amide bonds. The van der Waals surface area contributed by atoms with Crippen LogP contribution >= 0.6 is 0 Å². The number of benzene rings is 2. The topological polar surface area (TPSA) is 41.5 Å². The third-order valence-corrected chi connectivity index (χ3v) is 3.92. The number of nitrogens with one attached hydrogen (secondary N) is 1. The average molecular weight is 283 g/mol. The first kappa shape index (κ1) is 14.1. The number of aliphatic hydroxyl groups excluding tert-OH is 1. The molecule has 1 aliphatic rings. The van der Waals surface area contributed by atoms with Crippen molar-refractivity contribution in [1.82, 2.24) is 5.32 Å². The Morgan fingerprint density at radius 3 is 2.71 bits per heavy atom. The maximum absolute atomic E-state index is 10.0.